The van der Waals surface area contributed by atoms with Crippen LogP contribution in [0.5, 0.6) is 0 Å². The highest BCUT2D eigenvalue weighted by atomic mass is 16.1. The van der Waals surface area contributed by atoms with Crippen LogP contribution >= 0.6 is 0 Å². The Kier molecular flexibility index (Phi) is 1.47. The van der Waals surface area contributed by atoms with Gasteiger partial charge in [-0.05, 0) is 12.8 Å². The number of hydrogen-bond acceptors (Lipinski definition) is 4. The van der Waals surface area contributed by atoms with Crippen LogP contribution in [-0.4, -0.2) is 29.6 Å². The van der Waals surface area contributed by atoms with Crippen LogP contribution in [0.25, 0.3) is 0 Å². The van der Waals surface area contributed by atoms with Crippen molar-refractivity contribution in [1.29, 1.82) is 0 Å². The molecule has 14 heavy (non-hydrogen) atoms. The highest BCUT2D eigenvalue weighted by molar-refractivity contribution is 6.71. The SMILES string of the molecule is O=C1N=CN=C2N=C(C3CCC3)N=C12. The normalized spacial score (nSPS) is 25.1. The van der Waals surface area contributed by atoms with Gasteiger partial charge in [0, 0.05) is 5.92 Å². The predicted molar refractivity (Wildman–Crippen MR) is 53.1 cm³/mol. The molecule has 5 heteroatoms. The number of aliphatic imine (C=N–C) groups is 4. The maximum absolute atomic E-state index is 11.3. The van der Waals surface area contributed by atoms with Crippen molar-refractivity contribution in [3.05, 3.63) is 0 Å². The molecule has 1 saturated carbocycles. The zero-order valence-corrected chi connectivity index (χ0v) is 7.47. The van der Waals surface area contributed by atoms with Gasteiger partial charge in [-0.15, -0.1) is 0 Å². The number of carbonyl (C=O) groups is 1. The second kappa shape index (κ2) is 2.67. The molecule has 0 N–H and O–H groups in total. The van der Waals surface area contributed by atoms with E-state index in [2.05, 4.69) is 20.0 Å². The summed E-state index contributed by atoms with van der Waals surface area (Å²) in [4.78, 5) is 27.2. The lowest BCUT2D eigenvalue weighted by Crippen LogP contribution is -2.22. The standard InChI is InChI=1S/C9H8N4O/c14-9-6-8(10-4-11-9)13-7(12-6)5-2-1-3-5/h4-5H,1-3H2. The van der Waals surface area contributed by atoms with Gasteiger partial charge in [-0.2, -0.15) is 4.99 Å². The maximum Gasteiger partial charge on any atom is 0.301 e. The van der Waals surface area contributed by atoms with E-state index in [0.29, 0.717) is 17.5 Å². The largest absolute Gasteiger partial charge is 0.301 e. The molecular formula is C9H8N4O. The maximum atomic E-state index is 11.3. The number of amides is 1. The van der Waals surface area contributed by atoms with Gasteiger partial charge in [-0.3, -0.25) is 4.79 Å². The molecule has 0 radical (unpaired) electrons. The summed E-state index contributed by atoms with van der Waals surface area (Å²) in [6, 6.07) is 0. The fraction of sp³-hybridized carbons (Fsp3) is 0.444. The van der Waals surface area contributed by atoms with Crippen LogP contribution in [0.4, 0.5) is 0 Å². The van der Waals surface area contributed by atoms with Gasteiger partial charge in [0.05, 0.1) is 0 Å². The van der Waals surface area contributed by atoms with Crippen LogP contribution in [0.1, 0.15) is 19.3 Å². The highest BCUT2D eigenvalue weighted by Crippen LogP contribution is 2.30. The molecule has 0 saturated heterocycles. The van der Waals surface area contributed by atoms with Crippen molar-refractivity contribution in [2.45, 2.75) is 19.3 Å². The molecule has 0 atom stereocenters. The minimum absolute atomic E-state index is 0.314. The van der Waals surface area contributed by atoms with Crippen molar-refractivity contribution < 1.29 is 4.79 Å². The number of fused-ring (bicyclic) bond motifs is 1. The summed E-state index contributed by atoms with van der Waals surface area (Å²) in [7, 11) is 0. The van der Waals surface area contributed by atoms with Gasteiger partial charge in [-0.25, -0.2) is 15.0 Å². The monoisotopic (exact) mass is 188 g/mol. The zero-order chi connectivity index (χ0) is 9.54. The number of nitrogens with zero attached hydrogens (tertiary/aromatic N) is 4. The van der Waals surface area contributed by atoms with E-state index in [4.69, 9.17) is 0 Å². The van der Waals surface area contributed by atoms with Crippen LogP contribution in [0.2, 0.25) is 0 Å². The first-order valence-corrected chi connectivity index (χ1v) is 4.67. The van der Waals surface area contributed by atoms with Gasteiger partial charge in [0.1, 0.15) is 12.2 Å². The van der Waals surface area contributed by atoms with Crippen molar-refractivity contribution in [3.63, 3.8) is 0 Å². The van der Waals surface area contributed by atoms with Crippen molar-refractivity contribution in [2.24, 2.45) is 25.9 Å². The van der Waals surface area contributed by atoms with Gasteiger partial charge in [0.15, 0.2) is 11.5 Å². The van der Waals surface area contributed by atoms with Gasteiger partial charge in [0.25, 0.3) is 0 Å². The topological polar surface area (TPSA) is 66.5 Å². The van der Waals surface area contributed by atoms with Gasteiger partial charge < -0.3 is 0 Å². The predicted octanol–water partition coefficient (Wildman–Crippen LogP) is 0.607. The third-order valence-electron chi connectivity index (χ3n) is 2.69. The molecule has 3 aliphatic rings. The van der Waals surface area contributed by atoms with Crippen LogP contribution in [0.3, 0.4) is 0 Å². The van der Waals surface area contributed by atoms with Gasteiger partial charge >= 0.3 is 5.91 Å². The Hall–Kier alpha value is -1.65. The third-order valence-corrected chi connectivity index (χ3v) is 2.69. The lowest BCUT2D eigenvalue weighted by Gasteiger charge is -2.22. The summed E-state index contributed by atoms with van der Waals surface area (Å²) in [6.07, 6.45) is 4.71. The van der Waals surface area contributed by atoms with E-state index >= 15 is 0 Å². The Morgan fingerprint density at radius 2 is 2.14 bits per heavy atom. The van der Waals surface area contributed by atoms with Gasteiger partial charge in [-0.1, -0.05) is 6.42 Å². The Morgan fingerprint density at radius 3 is 2.79 bits per heavy atom. The van der Waals surface area contributed by atoms with Crippen molar-refractivity contribution in [2.75, 3.05) is 0 Å². The van der Waals surface area contributed by atoms with E-state index in [1.165, 1.54) is 12.8 Å². The fourth-order valence-corrected chi connectivity index (χ4v) is 1.63. The summed E-state index contributed by atoms with van der Waals surface area (Å²) in [5.74, 6) is 1.31. The Labute approximate surface area is 80.4 Å². The molecule has 1 aliphatic carbocycles. The van der Waals surface area contributed by atoms with Crippen molar-refractivity contribution in [1.82, 2.24) is 0 Å². The lowest BCUT2D eigenvalue weighted by atomic mass is 9.84. The zero-order valence-electron chi connectivity index (χ0n) is 7.47. The first-order valence-electron chi connectivity index (χ1n) is 4.67. The molecular weight excluding hydrogens is 180 g/mol. The molecule has 0 bridgehead atoms. The summed E-state index contributed by atoms with van der Waals surface area (Å²) in [6.45, 7) is 0. The minimum Gasteiger partial charge on any atom is -0.265 e. The molecule has 2 aliphatic heterocycles. The summed E-state index contributed by atoms with van der Waals surface area (Å²) < 4.78 is 0. The fourth-order valence-electron chi connectivity index (χ4n) is 1.63. The van der Waals surface area contributed by atoms with E-state index in [9.17, 15) is 4.79 Å². The van der Waals surface area contributed by atoms with E-state index in [-0.39, 0.29) is 5.91 Å². The van der Waals surface area contributed by atoms with Crippen LogP contribution < -0.4 is 0 Å². The van der Waals surface area contributed by atoms with Crippen LogP contribution in [0, 0.1) is 5.92 Å². The van der Waals surface area contributed by atoms with Crippen molar-refractivity contribution >= 4 is 29.6 Å². The number of rotatable bonds is 1. The molecule has 1 amide bonds. The molecule has 0 aromatic carbocycles. The third kappa shape index (κ3) is 0.982. The molecule has 0 unspecified atom stereocenters. The van der Waals surface area contributed by atoms with E-state index in [1.54, 1.807) is 0 Å². The molecule has 5 nitrogen and oxygen atoms in total. The Bertz CT molecular complexity index is 426. The first kappa shape index (κ1) is 7.73. The second-order valence-corrected chi connectivity index (χ2v) is 3.56. The summed E-state index contributed by atoms with van der Waals surface area (Å²) in [5.41, 5.74) is 0.314. The quantitative estimate of drug-likeness (QED) is 0.594. The summed E-state index contributed by atoms with van der Waals surface area (Å²) in [5, 5.41) is 0. The second-order valence-electron chi connectivity index (χ2n) is 3.56. The average molecular weight is 188 g/mol. The molecule has 0 spiro atoms. The van der Waals surface area contributed by atoms with Crippen LogP contribution in [-0.2, 0) is 4.79 Å². The van der Waals surface area contributed by atoms with E-state index in [1.807, 2.05) is 0 Å². The lowest BCUT2D eigenvalue weighted by molar-refractivity contribution is -0.111. The highest BCUT2D eigenvalue weighted by Gasteiger charge is 2.32. The van der Waals surface area contributed by atoms with Gasteiger partial charge in [0.2, 0.25) is 0 Å². The van der Waals surface area contributed by atoms with E-state index in [0.717, 1.165) is 18.7 Å². The average Bonchev–Trinajstić information content (AvgIpc) is 2.46. The molecule has 3 rings (SSSR count). The molecule has 2 heterocycles. The minimum atomic E-state index is -0.326. The van der Waals surface area contributed by atoms with E-state index < -0.39 is 0 Å². The smallest absolute Gasteiger partial charge is 0.265 e. The van der Waals surface area contributed by atoms with Crippen molar-refractivity contribution in [3.8, 4) is 0 Å². The number of carbonyl (C=O) groups excluding carboxylic acids is 1. The molecule has 0 aromatic heterocycles. The molecule has 0 aromatic rings. The Balaban J connectivity index is 1.96. The Morgan fingerprint density at radius 1 is 1.29 bits per heavy atom. The number of amidine groups is 2. The summed E-state index contributed by atoms with van der Waals surface area (Å²) >= 11 is 0. The molecule has 70 valence electrons. The number of hydrogen-bond donors (Lipinski definition) is 0. The van der Waals surface area contributed by atoms with Crippen LogP contribution in [0.15, 0.2) is 20.0 Å². The first-order chi connectivity index (χ1) is 6.84. The molecule has 1 fully saturated rings.